The molecule has 0 saturated carbocycles. The summed E-state index contributed by atoms with van der Waals surface area (Å²) in [5.41, 5.74) is 0.372. The van der Waals surface area contributed by atoms with Gasteiger partial charge in [-0.25, -0.2) is 9.37 Å². The molecular formula is C17H19FN2O3S. The van der Waals surface area contributed by atoms with Gasteiger partial charge in [-0.3, -0.25) is 9.59 Å². The molecule has 128 valence electrons. The van der Waals surface area contributed by atoms with Gasteiger partial charge in [0.15, 0.2) is 0 Å². The third-order valence-corrected chi connectivity index (χ3v) is 4.33. The van der Waals surface area contributed by atoms with Crippen LogP contribution in [0.15, 0.2) is 30.5 Å². The molecular weight excluding hydrogens is 331 g/mol. The standard InChI is InChI=1S/C17H19FN2O3S/c1-3-23-15(21)9-8-11(2)20-16(22)14-10-19-17(24-14)12-6-4-5-7-13(12)18/h4-7,10-11H,3,8-9H2,1-2H3,(H,20,22)/t11-/m0/s1. The molecule has 0 spiro atoms. The van der Waals surface area contributed by atoms with Crippen LogP contribution in [0, 0.1) is 5.82 Å². The fourth-order valence-corrected chi connectivity index (χ4v) is 2.92. The van der Waals surface area contributed by atoms with Crippen LogP contribution in [0.2, 0.25) is 0 Å². The lowest BCUT2D eigenvalue weighted by Crippen LogP contribution is -2.32. The van der Waals surface area contributed by atoms with Gasteiger partial charge in [0.05, 0.1) is 12.8 Å². The van der Waals surface area contributed by atoms with Crippen molar-refractivity contribution < 1.29 is 18.7 Å². The van der Waals surface area contributed by atoms with E-state index in [1.165, 1.54) is 12.3 Å². The number of thiazole rings is 1. The number of esters is 1. The molecule has 1 N–H and O–H groups in total. The maximum atomic E-state index is 13.8. The Morgan fingerprint density at radius 3 is 2.83 bits per heavy atom. The molecule has 24 heavy (non-hydrogen) atoms. The van der Waals surface area contributed by atoms with Crippen LogP contribution in [0.1, 0.15) is 36.4 Å². The van der Waals surface area contributed by atoms with E-state index in [2.05, 4.69) is 10.3 Å². The maximum absolute atomic E-state index is 13.8. The first-order chi connectivity index (χ1) is 11.5. The molecule has 0 fully saturated rings. The molecule has 1 heterocycles. The van der Waals surface area contributed by atoms with Crippen molar-refractivity contribution in [1.82, 2.24) is 10.3 Å². The Labute approximate surface area is 143 Å². The van der Waals surface area contributed by atoms with Gasteiger partial charge in [0, 0.05) is 18.0 Å². The molecule has 0 aliphatic heterocycles. The number of halogens is 1. The Morgan fingerprint density at radius 1 is 1.38 bits per heavy atom. The minimum absolute atomic E-state index is 0.180. The van der Waals surface area contributed by atoms with E-state index in [0.29, 0.717) is 28.5 Å². The Kier molecular flexibility index (Phi) is 6.43. The number of hydrogen-bond acceptors (Lipinski definition) is 5. The SMILES string of the molecule is CCOC(=O)CC[C@H](C)NC(=O)c1cnc(-c2ccccc2F)s1. The van der Waals surface area contributed by atoms with Crippen molar-refractivity contribution in [2.24, 2.45) is 0 Å². The molecule has 5 nitrogen and oxygen atoms in total. The van der Waals surface area contributed by atoms with Crippen LogP contribution >= 0.6 is 11.3 Å². The van der Waals surface area contributed by atoms with Crippen molar-refractivity contribution in [2.75, 3.05) is 6.61 Å². The van der Waals surface area contributed by atoms with E-state index in [4.69, 9.17) is 4.74 Å². The van der Waals surface area contributed by atoms with Crippen LogP contribution in [0.5, 0.6) is 0 Å². The predicted molar refractivity (Wildman–Crippen MR) is 90.3 cm³/mol. The Bertz CT molecular complexity index is 717. The van der Waals surface area contributed by atoms with Crippen LogP contribution in [0.25, 0.3) is 10.6 Å². The molecule has 0 unspecified atom stereocenters. The minimum atomic E-state index is -0.374. The molecule has 0 bridgehead atoms. The van der Waals surface area contributed by atoms with Crippen molar-refractivity contribution in [3.8, 4) is 10.6 Å². The van der Waals surface area contributed by atoms with E-state index in [0.717, 1.165) is 11.3 Å². The number of benzene rings is 1. The summed E-state index contributed by atoms with van der Waals surface area (Å²) in [5, 5.41) is 3.26. The summed E-state index contributed by atoms with van der Waals surface area (Å²) < 4.78 is 18.6. The average Bonchev–Trinajstić information content (AvgIpc) is 3.03. The Morgan fingerprint density at radius 2 is 2.12 bits per heavy atom. The normalized spacial score (nSPS) is 11.8. The van der Waals surface area contributed by atoms with Crippen LogP contribution in [-0.4, -0.2) is 29.5 Å². The number of carbonyl (C=O) groups is 2. The Hall–Kier alpha value is -2.28. The third-order valence-electron chi connectivity index (χ3n) is 3.30. The van der Waals surface area contributed by atoms with Gasteiger partial charge < -0.3 is 10.1 Å². The number of ether oxygens (including phenoxy) is 1. The Balaban J connectivity index is 1.94. The molecule has 1 amide bonds. The van der Waals surface area contributed by atoms with E-state index in [1.807, 2.05) is 6.92 Å². The fraction of sp³-hybridized carbons (Fsp3) is 0.353. The van der Waals surface area contributed by atoms with Gasteiger partial charge >= 0.3 is 5.97 Å². The maximum Gasteiger partial charge on any atom is 0.305 e. The molecule has 2 aromatic rings. The molecule has 7 heteroatoms. The topological polar surface area (TPSA) is 68.3 Å². The molecule has 0 aliphatic carbocycles. The second-order valence-electron chi connectivity index (χ2n) is 5.23. The van der Waals surface area contributed by atoms with Gasteiger partial charge in [-0.15, -0.1) is 11.3 Å². The van der Waals surface area contributed by atoms with Crippen LogP contribution in [-0.2, 0) is 9.53 Å². The highest BCUT2D eigenvalue weighted by Crippen LogP contribution is 2.27. The van der Waals surface area contributed by atoms with Gasteiger partial charge in [-0.2, -0.15) is 0 Å². The summed E-state index contributed by atoms with van der Waals surface area (Å²) in [6.07, 6.45) is 2.17. The fourth-order valence-electron chi connectivity index (χ4n) is 2.07. The number of aromatic nitrogens is 1. The van der Waals surface area contributed by atoms with Gasteiger partial charge in [-0.05, 0) is 32.4 Å². The summed E-state index contributed by atoms with van der Waals surface area (Å²) in [4.78, 5) is 28.0. The zero-order valence-corrected chi connectivity index (χ0v) is 14.4. The van der Waals surface area contributed by atoms with Crippen LogP contribution in [0.4, 0.5) is 4.39 Å². The molecule has 1 aromatic heterocycles. The number of nitrogens with one attached hydrogen (secondary N) is 1. The van der Waals surface area contributed by atoms with Crippen molar-refractivity contribution in [3.63, 3.8) is 0 Å². The highest BCUT2D eigenvalue weighted by Gasteiger charge is 2.16. The lowest BCUT2D eigenvalue weighted by Gasteiger charge is -2.12. The zero-order valence-electron chi connectivity index (χ0n) is 13.5. The summed E-state index contributed by atoms with van der Waals surface area (Å²) in [7, 11) is 0. The van der Waals surface area contributed by atoms with E-state index in [-0.39, 0.29) is 30.2 Å². The van der Waals surface area contributed by atoms with E-state index < -0.39 is 0 Å². The van der Waals surface area contributed by atoms with Crippen molar-refractivity contribution in [3.05, 3.63) is 41.2 Å². The molecule has 0 aliphatic rings. The summed E-state index contributed by atoms with van der Waals surface area (Å²) >= 11 is 1.13. The van der Waals surface area contributed by atoms with Crippen molar-refractivity contribution >= 4 is 23.2 Å². The number of carbonyl (C=O) groups excluding carboxylic acids is 2. The third kappa shape index (κ3) is 4.86. The van der Waals surface area contributed by atoms with Gasteiger partial charge in [-0.1, -0.05) is 12.1 Å². The first kappa shape index (κ1) is 18.1. The summed E-state index contributed by atoms with van der Waals surface area (Å²) in [5.74, 6) is -0.939. The second kappa shape index (κ2) is 8.54. The molecule has 1 atom stereocenters. The molecule has 2 rings (SSSR count). The lowest BCUT2D eigenvalue weighted by atomic mass is 10.2. The summed E-state index contributed by atoms with van der Waals surface area (Å²) in [6.45, 7) is 3.91. The van der Waals surface area contributed by atoms with Crippen LogP contribution in [0.3, 0.4) is 0 Å². The largest absolute Gasteiger partial charge is 0.466 e. The number of nitrogens with zero attached hydrogens (tertiary/aromatic N) is 1. The first-order valence-corrected chi connectivity index (χ1v) is 8.50. The smallest absolute Gasteiger partial charge is 0.305 e. The minimum Gasteiger partial charge on any atom is -0.466 e. The monoisotopic (exact) mass is 350 g/mol. The van der Waals surface area contributed by atoms with Crippen molar-refractivity contribution in [1.29, 1.82) is 0 Å². The lowest BCUT2D eigenvalue weighted by molar-refractivity contribution is -0.143. The molecule has 1 aromatic carbocycles. The number of amides is 1. The van der Waals surface area contributed by atoms with Gasteiger partial charge in [0.25, 0.3) is 5.91 Å². The highest BCUT2D eigenvalue weighted by molar-refractivity contribution is 7.16. The average molecular weight is 350 g/mol. The van der Waals surface area contributed by atoms with Crippen LogP contribution < -0.4 is 5.32 Å². The first-order valence-electron chi connectivity index (χ1n) is 7.68. The number of rotatable bonds is 7. The second-order valence-corrected chi connectivity index (χ2v) is 6.26. The highest BCUT2D eigenvalue weighted by atomic mass is 32.1. The summed E-state index contributed by atoms with van der Waals surface area (Å²) in [6, 6.07) is 6.12. The predicted octanol–water partition coefficient (Wildman–Crippen LogP) is 3.41. The van der Waals surface area contributed by atoms with Gasteiger partial charge in [0.2, 0.25) is 0 Å². The van der Waals surface area contributed by atoms with E-state index in [9.17, 15) is 14.0 Å². The van der Waals surface area contributed by atoms with E-state index in [1.54, 1.807) is 25.1 Å². The van der Waals surface area contributed by atoms with Gasteiger partial charge in [0.1, 0.15) is 15.7 Å². The van der Waals surface area contributed by atoms with E-state index >= 15 is 0 Å². The zero-order chi connectivity index (χ0) is 17.5. The quantitative estimate of drug-likeness (QED) is 0.777. The molecule has 0 saturated heterocycles. The van der Waals surface area contributed by atoms with Crippen molar-refractivity contribution in [2.45, 2.75) is 32.7 Å². The molecule has 0 radical (unpaired) electrons. The number of hydrogen-bond donors (Lipinski definition) is 1.